The van der Waals surface area contributed by atoms with E-state index in [-0.39, 0.29) is 40.1 Å². The summed E-state index contributed by atoms with van der Waals surface area (Å²) in [5.74, 6) is -4.36. The van der Waals surface area contributed by atoms with E-state index in [2.05, 4.69) is 10.3 Å². The van der Waals surface area contributed by atoms with Crippen molar-refractivity contribution < 1.29 is 18.3 Å². The molecule has 8 heteroatoms. The van der Waals surface area contributed by atoms with Crippen molar-refractivity contribution in [2.24, 2.45) is 0 Å². The minimum Gasteiger partial charge on any atom is -0.395 e. The van der Waals surface area contributed by atoms with Crippen LogP contribution in [0.2, 0.25) is 0 Å². The number of fused-ring (bicyclic) bond motifs is 1. The number of anilines is 1. The zero-order chi connectivity index (χ0) is 17.1. The van der Waals surface area contributed by atoms with Crippen LogP contribution in [-0.2, 0) is 0 Å². The van der Waals surface area contributed by atoms with Gasteiger partial charge < -0.3 is 10.4 Å². The number of aromatic nitrogens is 1. The molecule has 2 unspecified atom stereocenters. The van der Waals surface area contributed by atoms with Crippen molar-refractivity contribution in [3.8, 4) is 6.07 Å². The Morgan fingerprint density at radius 3 is 2.65 bits per heavy atom. The first kappa shape index (κ1) is 17.4. The predicted octanol–water partition coefficient (Wildman–Crippen LogP) is 3.05. The Bertz CT molecular complexity index is 775. The molecule has 23 heavy (non-hydrogen) atoms. The van der Waals surface area contributed by atoms with E-state index in [1.807, 2.05) is 12.3 Å². The summed E-state index contributed by atoms with van der Waals surface area (Å²) >= 11 is 1.41. The first-order valence-electron chi connectivity index (χ1n) is 6.71. The molecule has 0 amide bonds. The Labute approximate surface area is 135 Å². The number of aliphatic hydroxyl groups is 1. The number of pyridine rings is 1. The molecular weight excluding hydrogens is 327 g/mol. The van der Waals surface area contributed by atoms with E-state index < -0.39 is 17.5 Å². The fourth-order valence-corrected chi connectivity index (χ4v) is 2.86. The van der Waals surface area contributed by atoms with Gasteiger partial charge in [0.05, 0.1) is 17.9 Å². The number of benzene rings is 1. The van der Waals surface area contributed by atoms with Crippen LogP contribution in [0, 0.1) is 28.8 Å². The van der Waals surface area contributed by atoms with Crippen LogP contribution in [0.1, 0.15) is 12.5 Å². The maximum Gasteiger partial charge on any atom is 0.196 e. The molecule has 1 aromatic heterocycles. The number of nitriles is 1. The van der Waals surface area contributed by atoms with Crippen molar-refractivity contribution in [2.75, 3.05) is 18.2 Å². The Morgan fingerprint density at radius 2 is 2.09 bits per heavy atom. The SMILES string of the molecule is CSC(CO)C(C)Nc1c(C#N)cnc2c(F)c(F)c(F)cc12. The zero-order valence-corrected chi connectivity index (χ0v) is 13.2. The molecule has 0 bridgehead atoms. The monoisotopic (exact) mass is 341 g/mol. The first-order valence-corrected chi connectivity index (χ1v) is 7.99. The Hall–Kier alpha value is -1.98. The number of hydrogen-bond donors (Lipinski definition) is 2. The first-order chi connectivity index (χ1) is 10.9. The average Bonchev–Trinajstić information content (AvgIpc) is 2.54. The van der Waals surface area contributed by atoms with E-state index in [1.54, 1.807) is 6.92 Å². The van der Waals surface area contributed by atoms with Crippen molar-refractivity contribution >= 4 is 28.4 Å². The van der Waals surface area contributed by atoms with E-state index in [0.29, 0.717) is 0 Å². The smallest absolute Gasteiger partial charge is 0.196 e. The van der Waals surface area contributed by atoms with Gasteiger partial charge in [-0.3, -0.25) is 4.98 Å². The average molecular weight is 341 g/mol. The molecule has 0 radical (unpaired) electrons. The van der Waals surface area contributed by atoms with Crippen molar-refractivity contribution in [3.63, 3.8) is 0 Å². The third-order valence-electron chi connectivity index (χ3n) is 3.53. The van der Waals surface area contributed by atoms with Crippen LogP contribution >= 0.6 is 11.8 Å². The lowest BCUT2D eigenvalue weighted by atomic mass is 10.1. The number of hydrogen-bond acceptors (Lipinski definition) is 5. The highest BCUT2D eigenvalue weighted by Gasteiger charge is 2.22. The highest BCUT2D eigenvalue weighted by atomic mass is 32.2. The summed E-state index contributed by atoms with van der Waals surface area (Å²) in [7, 11) is 0. The molecule has 1 heterocycles. The molecular formula is C15H14F3N3OS. The maximum atomic E-state index is 13.9. The number of thioether (sulfide) groups is 1. The second kappa shape index (κ2) is 7.06. The summed E-state index contributed by atoms with van der Waals surface area (Å²) < 4.78 is 40.8. The number of nitrogens with zero attached hydrogens (tertiary/aromatic N) is 2. The summed E-state index contributed by atoms with van der Waals surface area (Å²) in [6.45, 7) is 1.65. The minimum absolute atomic E-state index is 0.0231. The summed E-state index contributed by atoms with van der Waals surface area (Å²) in [4.78, 5) is 3.71. The predicted molar refractivity (Wildman–Crippen MR) is 83.8 cm³/mol. The molecule has 2 atom stereocenters. The van der Waals surface area contributed by atoms with Gasteiger partial charge in [-0.2, -0.15) is 17.0 Å². The Morgan fingerprint density at radius 1 is 1.39 bits per heavy atom. The van der Waals surface area contributed by atoms with Crippen LogP contribution in [0.25, 0.3) is 10.9 Å². The van der Waals surface area contributed by atoms with Gasteiger partial charge in [-0.15, -0.1) is 0 Å². The number of rotatable bonds is 5. The molecule has 0 spiro atoms. The van der Waals surface area contributed by atoms with Crippen molar-refractivity contribution in [3.05, 3.63) is 35.3 Å². The molecule has 0 aliphatic carbocycles. The van der Waals surface area contributed by atoms with Gasteiger partial charge in [0, 0.05) is 22.9 Å². The summed E-state index contributed by atoms with van der Waals surface area (Å²) in [5, 5.41) is 21.3. The molecule has 2 aromatic rings. The number of halogens is 3. The molecule has 0 aliphatic rings. The lowest BCUT2D eigenvalue weighted by Gasteiger charge is -2.23. The van der Waals surface area contributed by atoms with E-state index >= 15 is 0 Å². The fraction of sp³-hybridized carbons (Fsp3) is 0.333. The van der Waals surface area contributed by atoms with Crippen LogP contribution in [-0.4, -0.2) is 34.2 Å². The second-order valence-electron chi connectivity index (χ2n) is 4.93. The van der Waals surface area contributed by atoms with Gasteiger partial charge in [-0.05, 0) is 19.2 Å². The molecule has 0 aliphatic heterocycles. The molecule has 0 saturated carbocycles. The highest BCUT2D eigenvalue weighted by Crippen LogP contribution is 2.31. The second-order valence-corrected chi connectivity index (χ2v) is 6.01. The third kappa shape index (κ3) is 3.21. The quantitative estimate of drug-likeness (QED) is 0.818. The summed E-state index contributed by atoms with van der Waals surface area (Å²) in [5.41, 5.74) is -0.120. The molecule has 2 N–H and O–H groups in total. The minimum atomic E-state index is -1.61. The lowest BCUT2D eigenvalue weighted by molar-refractivity contribution is 0.288. The van der Waals surface area contributed by atoms with Crippen LogP contribution < -0.4 is 5.32 Å². The van der Waals surface area contributed by atoms with Crippen LogP contribution in [0.3, 0.4) is 0 Å². The van der Waals surface area contributed by atoms with E-state index in [1.165, 1.54) is 11.8 Å². The Balaban J connectivity index is 2.63. The normalized spacial score (nSPS) is 13.6. The molecule has 0 fully saturated rings. The van der Waals surface area contributed by atoms with E-state index in [0.717, 1.165) is 12.3 Å². The molecule has 4 nitrogen and oxygen atoms in total. The van der Waals surface area contributed by atoms with Crippen LogP contribution in [0.4, 0.5) is 18.9 Å². The molecule has 0 saturated heterocycles. The number of nitrogens with one attached hydrogen (secondary N) is 1. The molecule has 1 aromatic carbocycles. The van der Waals surface area contributed by atoms with Crippen molar-refractivity contribution in [2.45, 2.75) is 18.2 Å². The van der Waals surface area contributed by atoms with Gasteiger partial charge in [0.1, 0.15) is 11.6 Å². The van der Waals surface area contributed by atoms with Gasteiger partial charge in [0.15, 0.2) is 17.5 Å². The van der Waals surface area contributed by atoms with Gasteiger partial charge in [-0.25, -0.2) is 13.2 Å². The van der Waals surface area contributed by atoms with Crippen molar-refractivity contribution in [1.82, 2.24) is 4.98 Å². The Kier molecular flexibility index (Phi) is 5.34. The maximum absolute atomic E-state index is 13.9. The zero-order valence-electron chi connectivity index (χ0n) is 12.4. The van der Waals surface area contributed by atoms with E-state index in [4.69, 9.17) is 0 Å². The highest BCUT2D eigenvalue weighted by molar-refractivity contribution is 7.99. The summed E-state index contributed by atoms with van der Waals surface area (Å²) in [6.07, 6.45) is 2.91. The largest absolute Gasteiger partial charge is 0.395 e. The summed E-state index contributed by atoms with van der Waals surface area (Å²) in [6, 6.07) is 2.40. The molecule has 2 rings (SSSR count). The van der Waals surface area contributed by atoms with Crippen LogP contribution in [0.15, 0.2) is 12.3 Å². The van der Waals surface area contributed by atoms with E-state index in [9.17, 15) is 23.5 Å². The standard InChI is InChI=1S/C15H14F3N3OS/c1-7(11(6-22)23-2)21-14-8(4-19)5-20-15-9(14)3-10(16)12(17)13(15)18/h3,5,7,11,22H,6H2,1-2H3,(H,20,21). The van der Waals surface area contributed by atoms with Gasteiger partial charge >= 0.3 is 0 Å². The lowest BCUT2D eigenvalue weighted by Crippen LogP contribution is -2.31. The molecule has 122 valence electrons. The fourth-order valence-electron chi connectivity index (χ4n) is 2.24. The van der Waals surface area contributed by atoms with Gasteiger partial charge in [0.25, 0.3) is 0 Å². The number of aliphatic hydroxyl groups excluding tert-OH is 1. The third-order valence-corrected chi connectivity index (χ3v) is 4.69. The van der Waals surface area contributed by atoms with Gasteiger partial charge in [-0.1, -0.05) is 0 Å². The topological polar surface area (TPSA) is 68.9 Å². The van der Waals surface area contributed by atoms with Crippen LogP contribution in [0.5, 0.6) is 0 Å². The van der Waals surface area contributed by atoms with Gasteiger partial charge in [0.2, 0.25) is 0 Å². The van der Waals surface area contributed by atoms with Crippen molar-refractivity contribution in [1.29, 1.82) is 5.26 Å².